The third-order valence-corrected chi connectivity index (χ3v) is 6.17. The van der Waals surface area contributed by atoms with Crippen LogP contribution in [0.3, 0.4) is 0 Å². The van der Waals surface area contributed by atoms with Crippen molar-refractivity contribution in [2.75, 3.05) is 6.54 Å². The van der Waals surface area contributed by atoms with Gasteiger partial charge in [0.1, 0.15) is 0 Å². The van der Waals surface area contributed by atoms with Gasteiger partial charge in [-0.3, -0.25) is 9.59 Å². The second kappa shape index (κ2) is 8.35. The van der Waals surface area contributed by atoms with Crippen LogP contribution in [0.2, 0.25) is 9.36 Å². The Labute approximate surface area is 161 Å². The maximum Gasteiger partial charge on any atom is 0.223 e. The summed E-state index contributed by atoms with van der Waals surface area (Å²) in [6.07, 6.45) is 3.21. The number of ketones is 1. The van der Waals surface area contributed by atoms with Crippen molar-refractivity contribution < 1.29 is 9.59 Å². The van der Waals surface area contributed by atoms with Gasteiger partial charge < -0.3 is 4.90 Å². The summed E-state index contributed by atoms with van der Waals surface area (Å²) < 4.78 is 0.592. The molecule has 3 rings (SSSR count). The minimum Gasteiger partial charge on any atom is -0.339 e. The number of hydrogen-bond donors (Lipinski definition) is 0. The van der Waals surface area contributed by atoms with E-state index in [1.54, 1.807) is 12.1 Å². The summed E-state index contributed by atoms with van der Waals surface area (Å²) in [7, 11) is 0. The van der Waals surface area contributed by atoms with Gasteiger partial charge >= 0.3 is 0 Å². The quantitative estimate of drug-likeness (QED) is 0.626. The zero-order chi connectivity index (χ0) is 17.8. The third kappa shape index (κ3) is 4.63. The maximum atomic E-state index is 12.6. The van der Waals surface area contributed by atoms with Gasteiger partial charge in [0.05, 0.1) is 9.21 Å². The number of nitrogens with zero attached hydrogens (tertiary/aromatic N) is 1. The lowest BCUT2D eigenvalue weighted by Crippen LogP contribution is -2.37. The minimum atomic E-state index is -0.0212. The molecule has 1 aromatic carbocycles. The molecule has 25 heavy (non-hydrogen) atoms. The van der Waals surface area contributed by atoms with E-state index in [9.17, 15) is 9.59 Å². The molecule has 2 heterocycles. The number of amides is 1. The fourth-order valence-electron chi connectivity index (χ4n) is 3.25. The molecule has 0 bridgehead atoms. The number of hydrogen-bond acceptors (Lipinski definition) is 3. The van der Waals surface area contributed by atoms with Gasteiger partial charge in [0.15, 0.2) is 5.78 Å². The number of carbonyl (C=O) groups is 2. The molecule has 0 radical (unpaired) electrons. The van der Waals surface area contributed by atoms with Gasteiger partial charge in [-0.25, -0.2) is 0 Å². The van der Waals surface area contributed by atoms with Crippen molar-refractivity contribution in [2.45, 2.75) is 38.1 Å². The molecule has 6 heteroatoms. The molecule has 0 spiro atoms. The summed E-state index contributed by atoms with van der Waals surface area (Å²) >= 11 is 13.4. The summed E-state index contributed by atoms with van der Waals surface area (Å²) in [4.78, 5) is 27.3. The summed E-state index contributed by atoms with van der Waals surface area (Å²) in [5.74, 6) is 0.0256. The summed E-state index contributed by atoms with van der Waals surface area (Å²) in [6.45, 7) is 0.757. The van der Waals surface area contributed by atoms with Gasteiger partial charge in [0.2, 0.25) is 5.91 Å². The highest BCUT2D eigenvalue weighted by atomic mass is 35.5. The van der Waals surface area contributed by atoms with Gasteiger partial charge in [-0.05, 0) is 43.0 Å². The standard InChI is InChI=1S/C19H19Cl2NO2S/c20-15-6-2-1-4-13(15)12-14-5-3-11-22(14)19(24)10-7-16(23)17-8-9-18(21)25-17/h1-2,4,6,8-9,14H,3,5,7,10-12H2. The Morgan fingerprint density at radius 3 is 2.64 bits per heavy atom. The lowest BCUT2D eigenvalue weighted by Gasteiger charge is -2.25. The lowest BCUT2D eigenvalue weighted by molar-refractivity contribution is -0.131. The molecule has 0 aliphatic carbocycles. The van der Waals surface area contributed by atoms with E-state index in [0.29, 0.717) is 9.21 Å². The SMILES string of the molecule is O=C(CCC(=O)N1CCCC1Cc1ccccc1Cl)c1ccc(Cl)s1. The maximum absolute atomic E-state index is 12.6. The van der Waals surface area contributed by atoms with Crippen LogP contribution in [0, 0.1) is 0 Å². The van der Waals surface area contributed by atoms with Crippen LogP contribution in [0.25, 0.3) is 0 Å². The molecule has 1 aliphatic rings. The van der Waals surface area contributed by atoms with Crippen LogP contribution in [0.4, 0.5) is 0 Å². The average molecular weight is 396 g/mol. The predicted molar refractivity (Wildman–Crippen MR) is 103 cm³/mol. The molecule has 1 aliphatic heterocycles. The van der Waals surface area contributed by atoms with E-state index in [2.05, 4.69) is 0 Å². The largest absolute Gasteiger partial charge is 0.339 e. The second-order valence-corrected chi connectivity index (χ2v) is 8.33. The second-order valence-electron chi connectivity index (χ2n) is 6.21. The Morgan fingerprint density at radius 1 is 1.12 bits per heavy atom. The van der Waals surface area contributed by atoms with E-state index in [0.717, 1.165) is 36.4 Å². The Morgan fingerprint density at radius 2 is 1.92 bits per heavy atom. The lowest BCUT2D eigenvalue weighted by atomic mass is 10.0. The van der Waals surface area contributed by atoms with Crippen LogP contribution in [0.5, 0.6) is 0 Å². The number of Topliss-reactive ketones (excluding diaryl/α,β-unsaturated/α-hetero) is 1. The van der Waals surface area contributed by atoms with Crippen LogP contribution in [-0.4, -0.2) is 29.2 Å². The number of carbonyl (C=O) groups excluding carboxylic acids is 2. The predicted octanol–water partition coefficient (Wildman–Crippen LogP) is 5.25. The molecule has 1 unspecified atom stereocenters. The molecule has 2 aromatic rings. The van der Waals surface area contributed by atoms with Gasteiger partial charge in [0.25, 0.3) is 0 Å². The Bertz CT molecular complexity index is 774. The van der Waals surface area contributed by atoms with Gasteiger partial charge in [-0.1, -0.05) is 41.4 Å². The zero-order valence-corrected chi connectivity index (χ0v) is 16.0. The smallest absolute Gasteiger partial charge is 0.223 e. The molecule has 0 saturated carbocycles. The average Bonchev–Trinajstić information content (AvgIpc) is 3.23. The van der Waals surface area contributed by atoms with Gasteiger partial charge in [-0.2, -0.15) is 0 Å². The Hall–Kier alpha value is -1.36. The first kappa shape index (κ1) is 18.4. The van der Waals surface area contributed by atoms with E-state index in [4.69, 9.17) is 23.2 Å². The summed E-state index contributed by atoms with van der Waals surface area (Å²) in [6, 6.07) is 11.4. The molecule has 1 fully saturated rings. The first-order valence-electron chi connectivity index (χ1n) is 8.36. The van der Waals surface area contributed by atoms with Crippen LogP contribution >= 0.6 is 34.5 Å². The van der Waals surface area contributed by atoms with E-state index in [-0.39, 0.29) is 30.6 Å². The van der Waals surface area contributed by atoms with Gasteiger partial charge in [-0.15, -0.1) is 11.3 Å². The highest BCUT2D eigenvalue weighted by Gasteiger charge is 2.29. The molecule has 1 amide bonds. The van der Waals surface area contributed by atoms with E-state index < -0.39 is 0 Å². The van der Waals surface area contributed by atoms with Crippen molar-refractivity contribution in [3.05, 3.63) is 56.2 Å². The molecule has 1 aromatic heterocycles. The van der Waals surface area contributed by atoms with Gasteiger partial charge in [0, 0.05) is 30.5 Å². The Kier molecular flexibility index (Phi) is 6.15. The molecule has 1 saturated heterocycles. The molecule has 1 atom stereocenters. The number of likely N-dealkylation sites (tertiary alicyclic amines) is 1. The van der Waals surface area contributed by atoms with Crippen LogP contribution < -0.4 is 0 Å². The van der Waals surface area contributed by atoms with Crippen LogP contribution in [0.15, 0.2) is 36.4 Å². The zero-order valence-electron chi connectivity index (χ0n) is 13.7. The highest BCUT2D eigenvalue weighted by molar-refractivity contribution is 7.18. The highest BCUT2D eigenvalue weighted by Crippen LogP contribution is 2.26. The fourth-order valence-corrected chi connectivity index (χ4v) is 4.47. The van der Waals surface area contributed by atoms with E-state index in [1.165, 1.54) is 11.3 Å². The molecule has 3 nitrogen and oxygen atoms in total. The van der Waals surface area contributed by atoms with Crippen molar-refractivity contribution in [2.24, 2.45) is 0 Å². The first-order chi connectivity index (χ1) is 12.0. The van der Waals surface area contributed by atoms with Crippen molar-refractivity contribution in [3.8, 4) is 0 Å². The molecular formula is C19H19Cl2NO2S. The minimum absolute atomic E-state index is 0.0212. The monoisotopic (exact) mass is 395 g/mol. The Balaban J connectivity index is 1.57. The molecule has 0 N–H and O–H groups in total. The first-order valence-corrected chi connectivity index (χ1v) is 9.93. The fraction of sp³-hybridized carbons (Fsp3) is 0.368. The van der Waals surface area contributed by atoms with Crippen molar-refractivity contribution in [1.82, 2.24) is 4.90 Å². The summed E-state index contributed by atoms with van der Waals surface area (Å²) in [5, 5.41) is 0.742. The summed E-state index contributed by atoms with van der Waals surface area (Å²) in [5.41, 5.74) is 1.07. The van der Waals surface area contributed by atoms with E-state index >= 15 is 0 Å². The van der Waals surface area contributed by atoms with Crippen LogP contribution in [0.1, 0.15) is 40.9 Å². The van der Waals surface area contributed by atoms with Crippen molar-refractivity contribution in [1.29, 1.82) is 0 Å². The molecular weight excluding hydrogens is 377 g/mol. The number of thiophene rings is 1. The van der Waals surface area contributed by atoms with Crippen molar-refractivity contribution >= 4 is 46.2 Å². The third-order valence-electron chi connectivity index (χ3n) is 4.52. The number of benzene rings is 1. The molecule has 132 valence electrons. The van der Waals surface area contributed by atoms with Crippen molar-refractivity contribution in [3.63, 3.8) is 0 Å². The van der Waals surface area contributed by atoms with E-state index in [1.807, 2.05) is 29.2 Å². The van der Waals surface area contributed by atoms with Crippen LogP contribution in [-0.2, 0) is 11.2 Å². The topological polar surface area (TPSA) is 37.4 Å². The number of halogens is 2. The number of rotatable bonds is 6. The normalized spacial score (nSPS) is 17.0.